The Morgan fingerprint density at radius 1 is 1.36 bits per heavy atom. The summed E-state index contributed by atoms with van der Waals surface area (Å²) < 4.78 is 3.89. The summed E-state index contributed by atoms with van der Waals surface area (Å²) in [4.78, 5) is 12.4. The number of hydrogen-bond acceptors (Lipinski definition) is 3. The minimum atomic E-state index is 0.138. The Bertz CT molecular complexity index is 776. The zero-order valence-corrected chi connectivity index (χ0v) is 15.5. The van der Waals surface area contributed by atoms with Gasteiger partial charge in [0.15, 0.2) is 0 Å². The molecule has 0 radical (unpaired) electrons. The van der Waals surface area contributed by atoms with Gasteiger partial charge in [0.2, 0.25) is 5.91 Å². The molecule has 2 aliphatic rings. The molecule has 136 valence electrons. The number of aryl methyl sites for hydroxylation is 3. The molecule has 2 fully saturated rings. The molecule has 0 saturated heterocycles. The predicted molar refractivity (Wildman–Crippen MR) is 97.1 cm³/mol. The third kappa shape index (κ3) is 2.96. The Morgan fingerprint density at radius 3 is 2.88 bits per heavy atom. The van der Waals surface area contributed by atoms with Crippen LogP contribution in [0, 0.1) is 24.7 Å². The second-order valence-electron chi connectivity index (χ2n) is 7.95. The molecule has 2 aromatic heterocycles. The Morgan fingerprint density at radius 2 is 2.20 bits per heavy atom. The van der Waals surface area contributed by atoms with Gasteiger partial charge in [0.1, 0.15) is 11.0 Å². The average Bonchev–Trinajstić information content (AvgIpc) is 3.35. The molecule has 0 aliphatic heterocycles. The summed E-state index contributed by atoms with van der Waals surface area (Å²) in [6, 6.07) is 0.296. The molecule has 1 amide bonds. The predicted octanol–water partition coefficient (Wildman–Crippen LogP) is 2.89. The van der Waals surface area contributed by atoms with Crippen molar-refractivity contribution in [1.29, 1.82) is 0 Å². The van der Waals surface area contributed by atoms with Crippen molar-refractivity contribution in [3.8, 4) is 0 Å². The van der Waals surface area contributed by atoms with E-state index in [2.05, 4.69) is 29.4 Å². The van der Waals surface area contributed by atoms with E-state index in [1.807, 2.05) is 22.5 Å². The molecule has 2 saturated carbocycles. The maximum absolute atomic E-state index is 12.4. The van der Waals surface area contributed by atoms with Gasteiger partial charge in [-0.15, -0.1) is 0 Å². The van der Waals surface area contributed by atoms with Gasteiger partial charge >= 0.3 is 0 Å². The highest BCUT2D eigenvalue weighted by Crippen LogP contribution is 2.49. The summed E-state index contributed by atoms with van der Waals surface area (Å²) >= 11 is 0. The van der Waals surface area contributed by atoms with Crippen LogP contribution in [0.25, 0.3) is 11.0 Å². The smallest absolute Gasteiger partial charge is 0.222 e. The van der Waals surface area contributed by atoms with Gasteiger partial charge in [-0.3, -0.25) is 14.2 Å². The van der Waals surface area contributed by atoms with E-state index in [-0.39, 0.29) is 5.91 Å². The van der Waals surface area contributed by atoms with Crippen LogP contribution >= 0.6 is 0 Å². The van der Waals surface area contributed by atoms with E-state index in [1.54, 1.807) is 0 Å². The van der Waals surface area contributed by atoms with Crippen LogP contribution in [0.2, 0.25) is 0 Å². The largest absolute Gasteiger partial charge is 0.353 e. The van der Waals surface area contributed by atoms with Gasteiger partial charge in [-0.05, 0) is 57.8 Å². The molecule has 0 aromatic carbocycles. The quantitative estimate of drug-likeness (QED) is 0.877. The lowest BCUT2D eigenvalue weighted by Crippen LogP contribution is -2.40. The fraction of sp³-hybridized carbons (Fsp3) is 0.737. The molecule has 2 aliphatic carbocycles. The maximum atomic E-state index is 12.4. The van der Waals surface area contributed by atoms with Crippen molar-refractivity contribution in [1.82, 2.24) is 24.9 Å². The van der Waals surface area contributed by atoms with E-state index in [0.29, 0.717) is 24.9 Å². The summed E-state index contributed by atoms with van der Waals surface area (Å²) in [7, 11) is 0. The van der Waals surface area contributed by atoms with E-state index in [9.17, 15) is 4.79 Å². The van der Waals surface area contributed by atoms with Crippen LogP contribution in [-0.2, 0) is 17.9 Å². The lowest BCUT2D eigenvalue weighted by Gasteiger charge is -2.28. The first kappa shape index (κ1) is 16.6. The summed E-state index contributed by atoms with van der Waals surface area (Å²) in [5, 5.41) is 12.2. The van der Waals surface area contributed by atoms with Crippen molar-refractivity contribution in [2.24, 2.45) is 17.8 Å². The molecular weight excluding hydrogens is 314 g/mol. The van der Waals surface area contributed by atoms with Crippen LogP contribution in [0.1, 0.15) is 51.6 Å². The van der Waals surface area contributed by atoms with Gasteiger partial charge in [-0.1, -0.05) is 6.42 Å². The monoisotopic (exact) mass is 343 g/mol. The van der Waals surface area contributed by atoms with E-state index in [1.165, 1.54) is 25.7 Å². The Labute approximate surface area is 149 Å². The third-order valence-electron chi connectivity index (χ3n) is 6.39. The highest BCUT2D eigenvalue weighted by atomic mass is 16.1. The van der Waals surface area contributed by atoms with Crippen LogP contribution < -0.4 is 5.32 Å². The number of fused-ring (bicyclic) bond motifs is 3. The molecule has 2 bridgehead atoms. The topological polar surface area (TPSA) is 64.7 Å². The second-order valence-corrected chi connectivity index (χ2v) is 7.95. The number of hydrogen-bond donors (Lipinski definition) is 1. The number of rotatable bonds is 6. The van der Waals surface area contributed by atoms with Crippen molar-refractivity contribution >= 4 is 16.9 Å². The summed E-state index contributed by atoms with van der Waals surface area (Å²) in [5.41, 5.74) is 3.08. The summed E-state index contributed by atoms with van der Waals surface area (Å²) in [6.45, 7) is 7.70. The average molecular weight is 343 g/mol. The van der Waals surface area contributed by atoms with Gasteiger partial charge in [0, 0.05) is 19.0 Å². The van der Waals surface area contributed by atoms with Crippen LogP contribution in [0.3, 0.4) is 0 Å². The van der Waals surface area contributed by atoms with Crippen molar-refractivity contribution in [3.63, 3.8) is 0 Å². The number of nitrogens with zero attached hydrogens (tertiary/aromatic N) is 4. The highest BCUT2D eigenvalue weighted by Gasteiger charge is 2.42. The molecule has 4 atom stereocenters. The SMILES string of the molecule is CCn1nc(C)c2c1cnn2CCC(=O)NC(C)C1CC2CCC1C2. The maximum Gasteiger partial charge on any atom is 0.222 e. The number of carbonyl (C=O) groups is 1. The fourth-order valence-corrected chi connectivity index (χ4v) is 5.18. The van der Waals surface area contributed by atoms with Gasteiger partial charge in [-0.25, -0.2) is 0 Å². The third-order valence-corrected chi connectivity index (χ3v) is 6.39. The molecule has 2 heterocycles. The summed E-state index contributed by atoms with van der Waals surface area (Å²) in [5.74, 6) is 2.59. The number of amides is 1. The van der Waals surface area contributed by atoms with Crippen LogP contribution in [0.4, 0.5) is 0 Å². The molecular formula is C19H29N5O. The van der Waals surface area contributed by atoms with Crippen molar-refractivity contribution < 1.29 is 4.79 Å². The first-order valence-electron chi connectivity index (χ1n) is 9.75. The molecule has 2 aromatic rings. The van der Waals surface area contributed by atoms with Gasteiger partial charge in [0.05, 0.1) is 18.4 Å². The van der Waals surface area contributed by atoms with E-state index >= 15 is 0 Å². The highest BCUT2D eigenvalue weighted by molar-refractivity contribution is 5.79. The first-order chi connectivity index (χ1) is 12.1. The number of carbonyl (C=O) groups excluding carboxylic acids is 1. The molecule has 4 rings (SSSR count). The minimum absolute atomic E-state index is 0.138. The normalized spacial score (nSPS) is 26.4. The van der Waals surface area contributed by atoms with Gasteiger partial charge in [0.25, 0.3) is 0 Å². The fourth-order valence-electron chi connectivity index (χ4n) is 5.18. The van der Waals surface area contributed by atoms with Crippen molar-refractivity contribution in [3.05, 3.63) is 11.9 Å². The lowest BCUT2D eigenvalue weighted by molar-refractivity contribution is -0.122. The molecule has 1 N–H and O–H groups in total. The lowest BCUT2D eigenvalue weighted by atomic mass is 9.84. The Hall–Kier alpha value is -1.85. The van der Waals surface area contributed by atoms with E-state index in [4.69, 9.17) is 0 Å². The van der Waals surface area contributed by atoms with E-state index in [0.717, 1.165) is 35.1 Å². The molecule has 4 unspecified atom stereocenters. The van der Waals surface area contributed by atoms with Crippen LogP contribution in [0.5, 0.6) is 0 Å². The number of nitrogens with one attached hydrogen (secondary N) is 1. The minimum Gasteiger partial charge on any atom is -0.353 e. The Kier molecular flexibility index (Phi) is 4.29. The van der Waals surface area contributed by atoms with E-state index < -0.39 is 0 Å². The van der Waals surface area contributed by atoms with Crippen molar-refractivity contribution in [2.45, 2.75) is 72.0 Å². The van der Waals surface area contributed by atoms with Crippen molar-refractivity contribution in [2.75, 3.05) is 0 Å². The number of aromatic nitrogens is 4. The van der Waals surface area contributed by atoms with Crippen LogP contribution in [-0.4, -0.2) is 31.5 Å². The zero-order chi connectivity index (χ0) is 17.6. The van der Waals surface area contributed by atoms with Gasteiger partial charge < -0.3 is 5.32 Å². The molecule has 0 spiro atoms. The van der Waals surface area contributed by atoms with Gasteiger partial charge in [-0.2, -0.15) is 10.2 Å². The van der Waals surface area contributed by atoms with Crippen LogP contribution in [0.15, 0.2) is 6.20 Å². The first-order valence-corrected chi connectivity index (χ1v) is 9.75. The second kappa shape index (κ2) is 6.46. The zero-order valence-electron chi connectivity index (χ0n) is 15.5. The molecule has 6 heteroatoms. The molecule has 6 nitrogen and oxygen atoms in total. The summed E-state index contributed by atoms with van der Waals surface area (Å²) in [6.07, 6.45) is 7.79. The standard InChI is InChI=1S/C19H29N5O/c1-4-23-17-11-20-24(19(17)13(3)22-23)8-7-18(25)21-12(2)16-10-14-5-6-15(16)9-14/h11-12,14-16H,4-10H2,1-3H3,(H,21,25). The molecule has 25 heavy (non-hydrogen) atoms. The Balaban J connectivity index is 1.35.